The average Bonchev–Trinajstić information content (AvgIpc) is 2.69. The Balaban J connectivity index is 1.41. The minimum absolute atomic E-state index is 0.259. The minimum atomic E-state index is -1.05. The van der Waals surface area contributed by atoms with Crippen LogP contribution in [0.25, 0.3) is 0 Å². The molecule has 0 bridgehead atoms. The molecule has 3 rings (SSSR count). The fraction of sp³-hybridized carbons (Fsp3) is 0.840. The van der Waals surface area contributed by atoms with Crippen molar-refractivity contribution in [1.29, 1.82) is 0 Å². The highest BCUT2D eigenvalue weighted by atomic mass is 19.1. The third-order valence-electron chi connectivity index (χ3n) is 7.88. The molecule has 1 atom stereocenters. The van der Waals surface area contributed by atoms with Gasteiger partial charge in [-0.15, -0.1) is 0 Å². The molecule has 0 amide bonds. The van der Waals surface area contributed by atoms with Gasteiger partial charge >= 0.3 is 0 Å². The molecule has 1 unspecified atom stereocenters. The molecule has 2 fully saturated rings. The molecule has 0 aromatic rings. The van der Waals surface area contributed by atoms with Gasteiger partial charge in [-0.1, -0.05) is 70.1 Å². The second-order valence-corrected chi connectivity index (χ2v) is 9.49. The maximum Gasteiger partial charge on any atom is 0.135 e. The van der Waals surface area contributed by atoms with Crippen LogP contribution in [0.1, 0.15) is 104 Å². The molecular weight excluding hydrogens is 319 g/mol. The lowest BCUT2D eigenvalue weighted by atomic mass is 9.65. The molecule has 26 heavy (non-hydrogen) atoms. The normalized spacial score (nSPS) is 38.2. The van der Waals surface area contributed by atoms with E-state index >= 15 is 4.39 Å². The van der Waals surface area contributed by atoms with Crippen LogP contribution in [0.15, 0.2) is 23.8 Å². The molecule has 148 valence electrons. The Morgan fingerprint density at radius 3 is 2.12 bits per heavy atom. The van der Waals surface area contributed by atoms with E-state index in [1.807, 2.05) is 6.08 Å². The molecule has 0 aliphatic heterocycles. The number of halogens is 1. The fourth-order valence-electron chi connectivity index (χ4n) is 5.94. The molecule has 0 aromatic heterocycles. The molecule has 0 saturated heterocycles. The number of rotatable bonds is 7. The summed E-state index contributed by atoms with van der Waals surface area (Å²) >= 11 is 0. The third kappa shape index (κ3) is 5.02. The molecule has 3 aliphatic rings. The summed E-state index contributed by atoms with van der Waals surface area (Å²) < 4.78 is 15.4. The summed E-state index contributed by atoms with van der Waals surface area (Å²) in [6.45, 7) is 4.46. The van der Waals surface area contributed by atoms with Gasteiger partial charge in [-0.3, -0.25) is 0 Å². The van der Waals surface area contributed by atoms with Crippen LogP contribution in [-0.4, -0.2) is 5.67 Å². The number of hydrogen-bond acceptors (Lipinski definition) is 0. The maximum absolute atomic E-state index is 15.4. The van der Waals surface area contributed by atoms with E-state index in [0.29, 0.717) is 6.42 Å². The number of allylic oxidation sites excluding steroid dienone is 4. The van der Waals surface area contributed by atoms with Crippen molar-refractivity contribution < 1.29 is 4.39 Å². The Hall–Kier alpha value is -0.590. The molecule has 1 heteroatoms. The van der Waals surface area contributed by atoms with Crippen molar-refractivity contribution in [2.45, 2.75) is 109 Å². The van der Waals surface area contributed by atoms with Gasteiger partial charge < -0.3 is 0 Å². The first-order valence-electron chi connectivity index (χ1n) is 11.7. The first-order chi connectivity index (χ1) is 12.6. The molecule has 0 aromatic carbocycles. The zero-order valence-corrected chi connectivity index (χ0v) is 17.3. The third-order valence-corrected chi connectivity index (χ3v) is 7.88. The summed E-state index contributed by atoms with van der Waals surface area (Å²) in [4.78, 5) is 0. The predicted octanol–water partition coefficient (Wildman–Crippen LogP) is 8.18. The van der Waals surface area contributed by atoms with Gasteiger partial charge in [-0.2, -0.15) is 0 Å². The minimum Gasteiger partial charge on any atom is -0.239 e. The van der Waals surface area contributed by atoms with Crippen LogP contribution in [0.4, 0.5) is 4.39 Å². The van der Waals surface area contributed by atoms with Gasteiger partial charge in [0.25, 0.3) is 0 Å². The van der Waals surface area contributed by atoms with Crippen molar-refractivity contribution in [3.05, 3.63) is 23.8 Å². The number of alkyl halides is 1. The first-order valence-corrected chi connectivity index (χ1v) is 11.7. The molecular formula is C25H41F. The van der Waals surface area contributed by atoms with Crippen molar-refractivity contribution in [2.24, 2.45) is 23.7 Å². The zero-order valence-electron chi connectivity index (χ0n) is 17.3. The lowest BCUT2D eigenvalue weighted by molar-refractivity contribution is 0.0669. The summed E-state index contributed by atoms with van der Waals surface area (Å²) in [6.07, 6.45) is 24.0. The summed E-state index contributed by atoms with van der Waals surface area (Å²) in [5.41, 5.74) is 0.253. The van der Waals surface area contributed by atoms with E-state index in [0.717, 1.165) is 37.0 Å². The highest BCUT2D eigenvalue weighted by molar-refractivity contribution is 5.28. The summed E-state index contributed by atoms with van der Waals surface area (Å²) in [7, 11) is 0. The van der Waals surface area contributed by atoms with Gasteiger partial charge in [0.2, 0.25) is 0 Å². The van der Waals surface area contributed by atoms with Gasteiger partial charge in [-0.25, -0.2) is 4.39 Å². The first kappa shape index (κ1) is 20.2. The largest absolute Gasteiger partial charge is 0.239 e. The van der Waals surface area contributed by atoms with Gasteiger partial charge in [0.1, 0.15) is 5.67 Å². The molecule has 0 N–H and O–H groups in total. The summed E-state index contributed by atoms with van der Waals surface area (Å²) in [5, 5.41) is 0. The quantitative estimate of drug-likeness (QED) is 0.401. The van der Waals surface area contributed by atoms with Crippen LogP contribution in [0.5, 0.6) is 0 Å². The standard InChI is InChI=1S/C25H41F/c1-3-5-6-7-21-8-10-22(11-9-21)23-12-14-24(15-13-23)25(26)18-16-20(4-2)17-19-25/h16-18,21-24H,3-15,19H2,1-2H3/t21-,22-,23-,24-,25?. The van der Waals surface area contributed by atoms with Crippen LogP contribution < -0.4 is 0 Å². The van der Waals surface area contributed by atoms with Crippen LogP contribution >= 0.6 is 0 Å². The molecule has 0 nitrogen and oxygen atoms in total. The summed E-state index contributed by atoms with van der Waals surface area (Å²) in [6, 6.07) is 0. The van der Waals surface area contributed by atoms with E-state index in [2.05, 4.69) is 26.0 Å². The molecule has 3 aliphatic carbocycles. The molecule has 0 heterocycles. The Morgan fingerprint density at radius 2 is 1.58 bits per heavy atom. The van der Waals surface area contributed by atoms with E-state index in [-0.39, 0.29) is 5.92 Å². The molecule has 0 spiro atoms. The number of hydrogen-bond donors (Lipinski definition) is 0. The van der Waals surface area contributed by atoms with Crippen molar-refractivity contribution in [1.82, 2.24) is 0 Å². The zero-order chi connectivity index (χ0) is 18.4. The fourth-order valence-corrected chi connectivity index (χ4v) is 5.94. The van der Waals surface area contributed by atoms with Crippen LogP contribution in [-0.2, 0) is 0 Å². The highest BCUT2D eigenvalue weighted by Gasteiger charge is 2.40. The predicted molar refractivity (Wildman–Crippen MR) is 111 cm³/mol. The summed E-state index contributed by atoms with van der Waals surface area (Å²) in [5.74, 6) is 3.10. The van der Waals surface area contributed by atoms with Crippen LogP contribution in [0.2, 0.25) is 0 Å². The molecule has 2 saturated carbocycles. The van der Waals surface area contributed by atoms with Crippen molar-refractivity contribution in [3.63, 3.8) is 0 Å². The second kappa shape index (κ2) is 9.56. The van der Waals surface area contributed by atoms with E-state index in [9.17, 15) is 0 Å². The van der Waals surface area contributed by atoms with Crippen LogP contribution in [0, 0.1) is 23.7 Å². The van der Waals surface area contributed by atoms with Crippen molar-refractivity contribution >= 4 is 0 Å². The average molecular weight is 361 g/mol. The van der Waals surface area contributed by atoms with Crippen molar-refractivity contribution in [2.75, 3.05) is 0 Å². The van der Waals surface area contributed by atoms with Gasteiger partial charge in [0.05, 0.1) is 0 Å². The maximum atomic E-state index is 15.4. The van der Waals surface area contributed by atoms with Crippen molar-refractivity contribution in [3.8, 4) is 0 Å². The van der Waals surface area contributed by atoms with E-state index in [1.165, 1.54) is 69.8 Å². The SMILES string of the molecule is CCCCC[C@H]1CC[C@H]([C@H]2CC[C@H](C3(F)C=CC(CC)=CC3)CC2)CC1. The van der Waals surface area contributed by atoms with E-state index in [4.69, 9.17) is 0 Å². The van der Waals surface area contributed by atoms with Crippen LogP contribution in [0.3, 0.4) is 0 Å². The topological polar surface area (TPSA) is 0 Å². The van der Waals surface area contributed by atoms with Gasteiger partial charge in [-0.05, 0) is 74.7 Å². The number of unbranched alkanes of at least 4 members (excludes halogenated alkanes) is 2. The van der Waals surface area contributed by atoms with E-state index < -0.39 is 5.67 Å². The Labute approximate surface area is 161 Å². The second-order valence-electron chi connectivity index (χ2n) is 9.49. The Morgan fingerprint density at radius 1 is 0.923 bits per heavy atom. The molecule has 0 radical (unpaired) electrons. The smallest absolute Gasteiger partial charge is 0.135 e. The highest BCUT2D eigenvalue weighted by Crippen LogP contribution is 2.47. The Bertz CT molecular complexity index is 474. The Kier molecular flexibility index (Phi) is 7.41. The lowest BCUT2D eigenvalue weighted by Crippen LogP contribution is -2.36. The van der Waals surface area contributed by atoms with Gasteiger partial charge in [0, 0.05) is 6.42 Å². The monoisotopic (exact) mass is 360 g/mol. The van der Waals surface area contributed by atoms with E-state index in [1.54, 1.807) is 0 Å². The van der Waals surface area contributed by atoms with Gasteiger partial charge in [0.15, 0.2) is 0 Å². The lowest BCUT2D eigenvalue weighted by Gasteiger charge is -2.41.